The van der Waals surface area contributed by atoms with Crippen LogP contribution in [0.4, 0.5) is 10.5 Å². The molecule has 3 heterocycles. The molecule has 1 N–H and O–H groups in total. The highest BCUT2D eigenvalue weighted by Gasteiger charge is 2.33. The molecule has 24 heavy (non-hydrogen) atoms. The fourth-order valence-electron chi connectivity index (χ4n) is 3.04. The van der Waals surface area contributed by atoms with Crippen molar-refractivity contribution in [2.75, 3.05) is 11.9 Å². The number of amides is 2. The summed E-state index contributed by atoms with van der Waals surface area (Å²) < 4.78 is 10.5. The zero-order valence-electron chi connectivity index (χ0n) is 13.4. The van der Waals surface area contributed by atoms with E-state index in [4.69, 9.17) is 8.94 Å². The molecular formula is C16H17N5O3. The largest absolute Gasteiger partial charge is 0.441 e. The second kappa shape index (κ2) is 5.63. The number of fused-ring (bicyclic) bond motifs is 1. The lowest BCUT2D eigenvalue weighted by Crippen LogP contribution is -2.34. The third kappa shape index (κ3) is 2.60. The standard InChI is InChI=1S/C16H17N5O3/c1-9-17-12-6-5-11(8-14(12)23-9)19-16(22)21-7-3-4-13(21)15-18-10(2)24-20-15/h5-6,8,13H,3-4,7H2,1-2H3,(H,19,22)/t13-/m0/s1. The first-order chi connectivity index (χ1) is 11.6. The highest BCUT2D eigenvalue weighted by atomic mass is 16.5. The van der Waals surface area contributed by atoms with Crippen LogP contribution < -0.4 is 5.32 Å². The smallest absolute Gasteiger partial charge is 0.322 e. The Hall–Kier alpha value is -2.90. The molecule has 8 heteroatoms. The van der Waals surface area contributed by atoms with Crippen molar-refractivity contribution in [2.24, 2.45) is 0 Å². The van der Waals surface area contributed by atoms with E-state index in [-0.39, 0.29) is 12.1 Å². The number of oxazole rings is 1. The van der Waals surface area contributed by atoms with Gasteiger partial charge in [0, 0.05) is 32.1 Å². The Morgan fingerprint density at radius 2 is 2.17 bits per heavy atom. The van der Waals surface area contributed by atoms with Crippen molar-refractivity contribution >= 4 is 22.8 Å². The van der Waals surface area contributed by atoms with Crippen LogP contribution in [0.25, 0.3) is 11.1 Å². The fourth-order valence-corrected chi connectivity index (χ4v) is 3.04. The maximum absolute atomic E-state index is 12.6. The van der Waals surface area contributed by atoms with Gasteiger partial charge in [-0.1, -0.05) is 5.16 Å². The normalized spacial score (nSPS) is 17.6. The number of aryl methyl sites for hydroxylation is 2. The van der Waals surface area contributed by atoms with Crippen LogP contribution in [0.1, 0.15) is 36.5 Å². The molecule has 1 aliphatic heterocycles. The van der Waals surface area contributed by atoms with Gasteiger partial charge in [-0.3, -0.25) is 0 Å². The number of hydrogen-bond donors (Lipinski definition) is 1. The van der Waals surface area contributed by atoms with E-state index >= 15 is 0 Å². The van der Waals surface area contributed by atoms with Crippen LogP contribution in [0, 0.1) is 13.8 Å². The van der Waals surface area contributed by atoms with Crippen LogP contribution in [-0.2, 0) is 0 Å². The molecule has 0 saturated carbocycles. The van der Waals surface area contributed by atoms with Crippen molar-refractivity contribution in [3.63, 3.8) is 0 Å². The Morgan fingerprint density at radius 1 is 1.29 bits per heavy atom. The molecule has 0 radical (unpaired) electrons. The fraction of sp³-hybridized carbons (Fsp3) is 0.375. The average Bonchev–Trinajstić information content (AvgIpc) is 3.24. The molecule has 0 unspecified atom stereocenters. The maximum atomic E-state index is 12.6. The monoisotopic (exact) mass is 327 g/mol. The zero-order valence-corrected chi connectivity index (χ0v) is 13.4. The molecule has 1 fully saturated rings. The van der Waals surface area contributed by atoms with Crippen LogP contribution >= 0.6 is 0 Å². The Bertz CT molecular complexity index is 900. The molecule has 3 aromatic rings. The Kier molecular flexibility index (Phi) is 3.44. The number of carbonyl (C=O) groups excluding carboxylic acids is 1. The molecule has 1 atom stereocenters. The van der Waals surface area contributed by atoms with Gasteiger partial charge in [-0.2, -0.15) is 4.98 Å². The summed E-state index contributed by atoms with van der Waals surface area (Å²) in [6.45, 7) is 4.19. The summed E-state index contributed by atoms with van der Waals surface area (Å²) in [6.07, 6.45) is 1.73. The molecule has 4 rings (SSSR count). The number of carbonyl (C=O) groups is 1. The topological polar surface area (TPSA) is 97.3 Å². The number of aromatic nitrogens is 3. The van der Waals surface area contributed by atoms with Crippen molar-refractivity contribution < 1.29 is 13.7 Å². The summed E-state index contributed by atoms with van der Waals surface area (Å²) in [4.78, 5) is 22.9. The lowest BCUT2D eigenvalue weighted by atomic mass is 10.2. The van der Waals surface area contributed by atoms with E-state index in [9.17, 15) is 4.79 Å². The molecule has 2 aromatic heterocycles. The van der Waals surface area contributed by atoms with Crippen molar-refractivity contribution in [1.82, 2.24) is 20.0 Å². The average molecular weight is 327 g/mol. The lowest BCUT2D eigenvalue weighted by molar-refractivity contribution is 0.204. The summed E-state index contributed by atoms with van der Waals surface area (Å²) in [5.41, 5.74) is 2.09. The Labute approximate surface area is 137 Å². The van der Waals surface area contributed by atoms with E-state index in [1.165, 1.54) is 0 Å². The number of nitrogens with one attached hydrogen (secondary N) is 1. The molecule has 0 bridgehead atoms. The Balaban J connectivity index is 1.53. The van der Waals surface area contributed by atoms with E-state index < -0.39 is 0 Å². The molecule has 124 valence electrons. The van der Waals surface area contributed by atoms with Gasteiger partial charge in [0.05, 0.1) is 6.04 Å². The molecule has 0 aliphatic carbocycles. The van der Waals surface area contributed by atoms with Gasteiger partial charge in [0.15, 0.2) is 17.3 Å². The first-order valence-electron chi connectivity index (χ1n) is 7.85. The number of benzene rings is 1. The number of urea groups is 1. The van der Waals surface area contributed by atoms with Crippen molar-refractivity contribution in [3.05, 3.63) is 35.8 Å². The lowest BCUT2D eigenvalue weighted by Gasteiger charge is -2.22. The minimum Gasteiger partial charge on any atom is -0.441 e. The third-order valence-electron chi connectivity index (χ3n) is 4.10. The van der Waals surface area contributed by atoms with Crippen LogP contribution in [0.15, 0.2) is 27.1 Å². The molecule has 1 aromatic carbocycles. The predicted octanol–water partition coefficient (Wildman–Crippen LogP) is 3.20. The number of nitrogens with zero attached hydrogens (tertiary/aromatic N) is 4. The summed E-state index contributed by atoms with van der Waals surface area (Å²) >= 11 is 0. The van der Waals surface area contributed by atoms with Crippen molar-refractivity contribution in [3.8, 4) is 0 Å². The molecule has 2 amide bonds. The van der Waals surface area contributed by atoms with Crippen LogP contribution in [0.2, 0.25) is 0 Å². The summed E-state index contributed by atoms with van der Waals surface area (Å²) in [5.74, 6) is 1.66. The first-order valence-corrected chi connectivity index (χ1v) is 7.85. The third-order valence-corrected chi connectivity index (χ3v) is 4.10. The van der Waals surface area contributed by atoms with Gasteiger partial charge in [0.25, 0.3) is 0 Å². The van der Waals surface area contributed by atoms with Crippen molar-refractivity contribution in [1.29, 1.82) is 0 Å². The minimum absolute atomic E-state index is 0.154. The number of rotatable bonds is 2. The summed E-state index contributed by atoms with van der Waals surface area (Å²) in [6, 6.07) is 5.07. The predicted molar refractivity (Wildman–Crippen MR) is 85.5 cm³/mol. The molecular weight excluding hydrogens is 310 g/mol. The second-order valence-electron chi connectivity index (χ2n) is 5.87. The molecule has 1 saturated heterocycles. The van der Waals surface area contributed by atoms with E-state index in [2.05, 4.69) is 20.4 Å². The van der Waals surface area contributed by atoms with Gasteiger partial charge < -0.3 is 19.2 Å². The van der Waals surface area contributed by atoms with Gasteiger partial charge in [0.2, 0.25) is 5.89 Å². The number of hydrogen-bond acceptors (Lipinski definition) is 6. The SMILES string of the molecule is Cc1nc([C@@H]2CCCN2C(=O)Nc2ccc3nc(C)oc3c2)no1. The zero-order chi connectivity index (χ0) is 16.7. The summed E-state index contributed by atoms with van der Waals surface area (Å²) in [5, 5.41) is 6.85. The van der Waals surface area contributed by atoms with E-state index in [1.54, 1.807) is 24.8 Å². The second-order valence-corrected chi connectivity index (χ2v) is 5.87. The molecule has 1 aliphatic rings. The highest BCUT2D eigenvalue weighted by Crippen LogP contribution is 2.31. The van der Waals surface area contributed by atoms with Crippen LogP contribution in [0.3, 0.4) is 0 Å². The minimum atomic E-state index is -0.185. The van der Waals surface area contributed by atoms with Crippen LogP contribution in [-0.4, -0.2) is 32.6 Å². The van der Waals surface area contributed by atoms with E-state index in [0.29, 0.717) is 35.4 Å². The van der Waals surface area contributed by atoms with Gasteiger partial charge >= 0.3 is 6.03 Å². The first kappa shape index (κ1) is 14.7. The van der Waals surface area contributed by atoms with Crippen LogP contribution in [0.5, 0.6) is 0 Å². The van der Waals surface area contributed by atoms with E-state index in [1.807, 2.05) is 12.1 Å². The Morgan fingerprint density at radius 3 is 2.96 bits per heavy atom. The van der Waals surface area contributed by atoms with Gasteiger partial charge in [-0.05, 0) is 25.0 Å². The van der Waals surface area contributed by atoms with Crippen molar-refractivity contribution in [2.45, 2.75) is 32.7 Å². The highest BCUT2D eigenvalue weighted by molar-refractivity contribution is 5.92. The number of likely N-dealkylation sites (tertiary alicyclic amines) is 1. The maximum Gasteiger partial charge on any atom is 0.322 e. The van der Waals surface area contributed by atoms with Gasteiger partial charge in [-0.15, -0.1) is 0 Å². The molecule has 8 nitrogen and oxygen atoms in total. The quantitative estimate of drug-likeness (QED) is 0.776. The van der Waals surface area contributed by atoms with E-state index in [0.717, 1.165) is 18.4 Å². The molecule has 0 spiro atoms. The van der Waals surface area contributed by atoms with Gasteiger partial charge in [0.1, 0.15) is 5.52 Å². The van der Waals surface area contributed by atoms with Gasteiger partial charge in [-0.25, -0.2) is 9.78 Å². The summed E-state index contributed by atoms with van der Waals surface area (Å²) in [7, 11) is 0. The number of anilines is 1.